The van der Waals surface area contributed by atoms with Gasteiger partial charge < -0.3 is 10.1 Å². The van der Waals surface area contributed by atoms with Gasteiger partial charge in [0.1, 0.15) is 0 Å². The number of aromatic nitrogens is 1. The molecular formula is C30H38IrNO2-. The van der Waals surface area contributed by atoms with Crippen LogP contribution < -0.4 is 0 Å². The Bertz CT molecular complexity index is 1060. The van der Waals surface area contributed by atoms with Crippen LogP contribution in [-0.2, 0) is 24.9 Å². The Morgan fingerprint density at radius 3 is 2.18 bits per heavy atom. The monoisotopic (exact) mass is 637 g/mol. The van der Waals surface area contributed by atoms with Crippen molar-refractivity contribution in [2.75, 3.05) is 0 Å². The van der Waals surface area contributed by atoms with Gasteiger partial charge >= 0.3 is 0 Å². The van der Waals surface area contributed by atoms with Crippen molar-refractivity contribution in [1.82, 2.24) is 4.98 Å². The molecule has 1 heterocycles. The predicted molar refractivity (Wildman–Crippen MR) is 139 cm³/mol. The fraction of sp³-hybridized carbons (Fsp3) is 0.400. The normalized spacial score (nSPS) is 11.2. The summed E-state index contributed by atoms with van der Waals surface area (Å²) in [4.78, 5) is 16.2. The van der Waals surface area contributed by atoms with E-state index in [1.807, 2.05) is 40.0 Å². The number of carbonyl (C=O) groups excluding carboxylic acids is 1. The number of aliphatic hydroxyl groups excluding tert-OH is 1. The number of pyridine rings is 1. The van der Waals surface area contributed by atoms with E-state index in [-0.39, 0.29) is 43.5 Å². The number of hydrogen-bond acceptors (Lipinski definition) is 3. The van der Waals surface area contributed by atoms with Crippen LogP contribution in [0.4, 0.5) is 0 Å². The topological polar surface area (TPSA) is 50.2 Å². The summed E-state index contributed by atoms with van der Waals surface area (Å²) in [5.74, 6) is 0.547. The third kappa shape index (κ3) is 8.18. The van der Waals surface area contributed by atoms with Crippen molar-refractivity contribution >= 4 is 16.6 Å². The summed E-state index contributed by atoms with van der Waals surface area (Å²) in [5.41, 5.74) is 4.49. The Morgan fingerprint density at radius 1 is 0.971 bits per heavy atom. The van der Waals surface area contributed by atoms with Crippen LogP contribution in [0.2, 0.25) is 0 Å². The van der Waals surface area contributed by atoms with Gasteiger partial charge in [0.25, 0.3) is 0 Å². The van der Waals surface area contributed by atoms with Crippen LogP contribution in [0.15, 0.2) is 60.5 Å². The van der Waals surface area contributed by atoms with E-state index in [1.54, 1.807) is 0 Å². The number of ketones is 1. The zero-order valence-corrected chi connectivity index (χ0v) is 23.7. The molecule has 0 amide bonds. The maximum Gasteiger partial charge on any atom is 0.162 e. The Balaban J connectivity index is 0.000000338. The minimum absolute atomic E-state index is 0. The standard InChI is InChI=1S/C17H14N.C13H24O2.Ir/c1-12-9-13(2)11-15(10-12)17-16-6-4-3-5-14(16)7-8-18-17;1-5-10(6-2)12(14)9-13(15)11(7-3)8-4;/h3-10H,1-2H3;9-11,14H,5-8H2,1-4H3;/q-1;;/b;12-9-;. The molecule has 0 fully saturated rings. The van der Waals surface area contributed by atoms with Crippen molar-refractivity contribution in [1.29, 1.82) is 0 Å². The van der Waals surface area contributed by atoms with E-state index in [1.165, 1.54) is 22.4 Å². The van der Waals surface area contributed by atoms with Gasteiger partial charge in [0.2, 0.25) is 0 Å². The Labute approximate surface area is 219 Å². The van der Waals surface area contributed by atoms with Gasteiger partial charge in [-0.15, -0.1) is 34.9 Å². The summed E-state index contributed by atoms with van der Waals surface area (Å²) >= 11 is 0. The molecule has 1 N–H and O–H groups in total. The van der Waals surface area contributed by atoms with Crippen molar-refractivity contribution in [3.63, 3.8) is 0 Å². The van der Waals surface area contributed by atoms with Gasteiger partial charge in [0.15, 0.2) is 5.78 Å². The fourth-order valence-electron chi connectivity index (χ4n) is 4.14. The third-order valence-corrected chi connectivity index (χ3v) is 6.16. The molecule has 0 aliphatic heterocycles. The van der Waals surface area contributed by atoms with Crippen LogP contribution in [0, 0.1) is 31.7 Å². The third-order valence-electron chi connectivity index (χ3n) is 6.16. The van der Waals surface area contributed by atoms with E-state index in [0.717, 1.165) is 42.5 Å². The van der Waals surface area contributed by atoms with Crippen molar-refractivity contribution in [2.45, 2.75) is 67.2 Å². The number of carbonyl (C=O) groups is 1. The molecule has 3 rings (SSSR count). The van der Waals surface area contributed by atoms with Crippen molar-refractivity contribution in [3.05, 3.63) is 77.7 Å². The number of fused-ring (bicyclic) bond motifs is 1. The molecule has 0 atom stereocenters. The second-order valence-corrected chi connectivity index (χ2v) is 8.63. The van der Waals surface area contributed by atoms with Gasteiger partial charge in [-0.3, -0.25) is 4.79 Å². The van der Waals surface area contributed by atoms with E-state index < -0.39 is 0 Å². The number of allylic oxidation sites excluding steroid dienone is 2. The van der Waals surface area contributed by atoms with Gasteiger partial charge in [0, 0.05) is 44.2 Å². The average Bonchev–Trinajstić information content (AvgIpc) is 2.80. The first kappa shape index (κ1) is 29.7. The summed E-state index contributed by atoms with van der Waals surface area (Å²) in [7, 11) is 0. The first-order chi connectivity index (χ1) is 15.8. The van der Waals surface area contributed by atoms with E-state index in [9.17, 15) is 9.90 Å². The molecule has 3 nitrogen and oxygen atoms in total. The molecule has 1 radical (unpaired) electrons. The smallest absolute Gasteiger partial charge is 0.162 e. The molecule has 185 valence electrons. The van der Waals surface area contributed by atoms with Crippen LogP contribution in [0.25, 0.3) is 22.0 Å². The summed E-state index contributed by atoms with van der Waals surface area (Å²) in [6, 6.07) is 18.0. The number of benzene rings is 2. The molecule has 4 heteroatoms. The Hall–Kier alpha value is -2.29. The first-order valence-corrected chi connectivity index (χ1v) is 12.1. The molecule has 0 spiro atoms. The summed E-state index contributed by atoms with van der Waals surface area (Å²) in [6.45, 7) is 12.2. The second kappa shape index (κ2) is 14.9. The van der Waals surface area contributed by atoms with Crippen LogP contribution >= 0.6 is 0 Å². The van der Waals surface area contributed by atoms with Crippen molar-refractivity contribution in [3.8, 4) is 11.3 Å². The number of aliphatic hydroxyl groups is 1. The number of nitrogens with zero attached hydrogens (tertiary/aromatic N) is 1. The molecule has 3 aromatic rings. The van der Waals surface area contributed by atoms with Crippen molar-refractivity contribution < 1.29 is 30.0 Å². The van der Waals surface area contributed by atoms with E-state index in [0.29, 0.717) is 0 Å². The van der Waals surface area contributed by atoms with Crippen LogP contribution in [0.5, 0.6) is 0 Å². The minimum Gasteiger partial charge on any atom is -0.512 e. The number of rotatable bonds is 8. The Kier molecular flexibility index (Phi) is 13.0. The van der Waals surface area contributed by atoms with Gasteiger partial charge in [-0.25, -0.2) is 0 Å². The average molecular weight is 637 g/mol. The molecule has 0 aliphatic carbocycles. The van der Waals surface area contributed by atoms with Crippen LogP contribution in [0.1, 0.15) is 64.5 Å². The largest absolute Gasteiger partial charge is 0.512 e. The predicted octanol–water partition coefficient (Wildman–Crippen LogP) is 8.19. The van der Waals surface area contributed by atoms with E-state index in [4.69, 9.17) is 0 Å². The van der Waals surface area contributed by atoms with Gasteiger partial charge in [-0.1, -0.05) is 65.8 Å². The molecule has 34 heavy (non-hydrogen) atoms. The minimum atomic E-state index is 0. The number of hydrogen-bond donors (Lipinski definition) is 1. The SMILES string of the molecule is CCC(CC)C(=O)/C=C(\O)C(CC)CC.Cc1[c-]c(-c2nccc3ccccc23)cc(C)c1.[Ir]. The first-order valence-electron chi connectivity index (χ1n) is 12.1. The van der Waals surface area contributed by atoms with Crippen LogP contribution in [-0.4, -0.2) is 15.9 Å². The van der Waals surface area contributed by atoms with E-state index >= 15 is 0 Å². The van der Waals surface area contributed by atoms with Gasteiger partial charge in [-0.2, -0.15) is 0 Å². The maximum atomic E-state index is 11.7. The van der Waals surface area contributed by atoms with Crippen LogP contribution in [0.3, 0.4) is 0 Å². The molecule has 2 aromatic carbocycles. The Morgan fingerprint density at radius 2 is 1.59 bits per heavy atom. The molecule has 0 saturated heterocycles. The van der Waals surface area contributed by atoms with Gasteiger partial charge in [-0.05, 0) is 48.2 Å². The maximum absolute atomic E-state index is 11.7. The van der Waals surface area contributed by atoms with Crippen molar-refractivity contribution in [2.24, 2.45) is 11.8 Å². The number of aryl methyl sites for hydroxylation is 2. The summed E-state index contributed by atoms with van der Waals surface area (Å²) in [6.07, 6.45) is 6.77. The molecular weight excluding hydrogens is 599 g/mol. The van der Waals surface area contributed by atoms with Gasteiger partial charge in [0.05, 0.1) is 5.76 Å². The fourth-order valence-corrected chi connectivity index (χ4v) is 4.14. The molecule has 0 aliphatic rings. The summed E-state index contributed by atoms with van der Waals surface area (Å²) in [5, 5.41) is 12.2. The molecule has 0 saturated carbocycles. The summed E-state index contributed by atoms with van der Waals surface area (Å²) < 4.78 is 0. The molecule has 1 aromatic heterocycles. The molecule has 0 bridgehead atoms. The quantitative estimate of drug-likeness (QED) is 0.154. The molecule has 0 unspecified atom stereocenters. The zero-order chi connectivity index (χ0) is 24.4. The second-order valence-electron chi connectivity index (χ2n) is 8.63. The van der Waals surface area contributed by atoms with E-state index in [2.05, 4.69) is 61.3 Å². The zero-order valence-electron chi connectivity index (χ0n) is 21.3.